The van der Waals surface area contributed by atoms with Crippen LogP contribution in [0.3, 0.4) is 0 Å². The Morgan fingerprint density at radius 1 is 1.06 bits per heavy atom. The van der Waals surface area contributed by atoms with Crippen molar-refractivity contribution in [2.45, 2.75) is 38.5 Å². The van der Waals surface area contributed by atoms with Crippen LogP contribution in [0.4, 0.5) is 5.82 Å². The number of benzene rings is 2. The minimum atomic E-state index is -1.10. The molecule has 2 heterocycles. The largest absolute Gasteiger partial charge is 0.464 e. The number of fused-ring (bicyclic) bond motifs is 1. The Morgan fingerprint density at radius 3 is 2.31 bits per heavy atom. The zero-order valence-corrected chi connectivity index (χ0v) is 18.6. The molecule has 1 aliphatic rings. The van der Waals surface area contributed by atoms with E-state index in [2.05, 4.69) is 35.2 Å². The van der Waals surface area contributed by atoms with Crippen molar-refractivity contribution < 1.29 is 9.53 Å². The minimum absolute atomic E-state index is 0.192. The molecule has 32 heavy (non-hydrogen) atoms. The summed E-state index contributed by atoms with van der Waals surface area (Å²) in [7, 11) is 0. The predicted molar refractivity (Wildman–Crippen MR) is 124 cm³/mol. The Balaban J connectivity index is 1.64. The molecule has 0 aliphatic carbocycles. The Labute approximate surface area is 188 Å². The first-order chi connectivity index (χ1) is 15.6. The summed E-state index contributed by atoms with van der Waals surface area (Å²) >= 11 is 0. The third kappa shape index (κ3) is 4.72. The number of aromatic nitrogens is 2. The van der Waals surface area contributed by atoms with Gasteiger partial charge < -0.3 is 9.64 Å². The van der Waals surface area contributed by atoms with E-state index in [-0.39, 0.29) is 12.5 Å². The molecule has 1 aromatic heterocycles. The van der Waals surface area contributed by atoms with Crippen LogP contribution in [-0.2, 0) is 9.53 Å². The highest BCUT2D eigenvalue weighted by molar-refractivity contribution is 5.85. The van der Waals surface area contributed by atoms with E-state index >= 15 is 0 Å². The van der Waals surface area contributed by atoms with Crippen LogP contribution in [-0.4, -0.2) is 35.6 Å². The summed E-state index contributed by atoms with van der Waals surface area (Å²) in [6.45, 7) is 5.78. The number of para-hydroxylation sites is 2. The smallest absolute Gasteiger partial charge is 0.329 e. The molecule has 4 rings (SSSR count). The highest BCUT2D eigenvalue weighted by atomic mass is 16.5. The molecule has 3 aromatic rings. The summed E-state index contributed by atoms with van der Waals surface area (Å²) in [5.41, 5.74) is 3.16. The van der Waals surface area contributed by atoms with Crippen LogP contribution in [0.1, 0.15) is 49.8 Å². The van der Waals surface area contributed by atoms with Crippen LogP contribution in [0.15, 0.2) is 54.6 Å². The first-order valence-electron chi connectivity index (χ1n) is 11.2. The lowest BCUT2D eigenvalue weighted by Crippen LogP contribution is -2.35. The second-order valence-corrected chi connectivity index (χ2v) is 8.68. The van der Waals surface area contributed by atoms with Crippen molar-refractivity contribution >= 4 is 22.8 Å². The summed E-state index contributed by atoms with van der Waals surface area (Å²) in [6, 6.07) is 20.2. The summed E-state index contributed by atoms with van der Waals surface area (Å²) in [6.07, 6.45) is 1.96. The van der Waals surface area contributed by atoms with Gasteiger partial charge in [-0.2, -0.15) is 5.26 Å². The first kappa shape index (κ1) is 21.8. The number of ether oxygens (including phenoxy) is 1. The fraction of sp³-hybridized carbons (Fsp3) is 0.385. The standard InChI is InChI=1S/C26H28N4O2/c1-18(2)17-32-26(31)21(16-27)24-25(29-23-11-7-6-10-22(23)28-24)30-14-12-20(13-15-30)19-8-4-3-5-9-19/h3-11,18,20-21H,12-15,17H2,1-2H3. The minimum Gasteiger partial charge on any atom is -0.464 e. The fourth-order valence-electron chi connectivity index (χ4n) is 4.14. The summed E-state index contributed by atoms with van der Waals surface area (Å²) < 4.78 is 5.39. The molecule has 1 unspecified atom stereocenters. The Kier molecular flexibility index (Phi) is 6.65. The Bertz CT molecular complexity index is 1120. The van der Waals surface area contributed by atoms with Gasteiger partial charge in [-0.1, -0.05) is 56.3 Å². The second kappa shape index (κ2) is 9.78. The van der Waals surface area contributed by atoms with E-state index in [1.807, 2.05) is 44.2 Å². The van der Waals surface area contributed by atoms with Gasteiger partial charge in [0.2, 0.25) is 0 Å². The molecule has 0 spiro atoms. The van der Waals surface area contributed by atoms with Gasteiger partial charge >= 0.3 is 5.97 Å². The highest BCUT2D eigenvalue weighted by Crippen LogP contribution is 2.33. The highest BCUT2D eigenvalue weighted by Gasteiger charge is 2.32. The summed E-state index contributed by atoms with van der Waals surface area (Å²) in [5.74, 6) is -0.369. The number of hydrogen-bond donors (Lipinski definition) is 0. The second-order valence-electron chi connectivity index (χ2n) is 8.68. The molecule has 164 valence electrons. The number of esters is 1. The molecule has 0 N–H and O–H groups in total. The van der Waals surface area contributed by atoms with E-state index in [0.29, 0.717) is 22.9 Å². The zero-order valence-electron chi connectivity index (χ0n) is 18.6. The van der Waals surface area contributed by atoms with E-state index < -0.39 is 11.9 Å². The molecule has 0 amide bonds. The van der Waals surface area contributed by atoms with Crippen molar-refractivity contribution in [1.29, 1.82) is 5.26 Å². The molecule has 0 radical (unpaired) electrons. The van der Waals surface area contributed by atoms with E-state index in [0.717, 1.165) is 31.4 Å². The lowest BCUT2D eigenvalue weighted by molar-refractivity contribution is -0.145. The number of nitriles is 1. The topological polar surface area (TPSA) is 79.1 Å². The van der Waals surface area contributed by atoms with E-state index in [4.69, 9.17) is 14.7 Å². The number of anilines is 1. The van der Waals surface area contributed by atoms with Gasteiger partial charge in [0.1, 0.15) is 5.69 Å². The third-order valence-corrected chi connectivity index (χ3v) is 5.84. The lowest BCUT2D eigenvalue weighted by atomic mass is 9.89. The number of carbonyl (C=O) groups is 1. The van der Waals surface area contributed by atoms with Gasteiger partial charge in [-0.05, 0) is 42.4 Å². The maximum absolute atomic E-state index is 12.8. The van der Waals surface area contributed by atoms with Gasteiger partial charge in [-0.25, -0.2) is 9.97 Å². The van der Waals surface area contributed by atoms with E-state index in [9.17, 15) is 10.1 Å². The third-order valence-electron chi connectivity index (χ3n) is 5.84. The van der Waals surface area contributed by atoms with Crippen LogP contribution < -0.4 is 4.90 Å². The van der Waals surface area contributed by atoms with Gasteiger partial charge in [-0.15, -0.1) is 0 Å². The fourth-order valence-corrected chi connectivity index (χ4v) is 4.14. The van der Waals surface area contributed by atoms with Crippen LogP contribution in [0, 0.1) is 17.2 Å². The summed E-state index contributed by atoms with van der Waals surface area (Å²) in [5, 5.41) is 9.86. The normalized spacial score (nSPS) is 15.5. The Morgan fingerprint density at radius 2 is 1.69 bits per heavy atom. The average Bonchev–Trinajstić information content (AvgIpc) is 2.83. The first-order valence-corrected chi connectivity index (χ1v) is 11.2. The van der Waals surface area contributed by atoms with Gasteiger partial charge in [0.25, 0.3) is 0 Å². The van der Waals surface area contributed by atoms with Crippen LogP contribution >= 0.6 is 0 Å². The SMILES string of the molecule is CC(C)COC(=O)C(C#N)c1nc2ccccc2nc1N1CCC(c2ccccc2)CC1. The maximum atomic E-state index is 12.8. The molecule has 1 fully saturated rings. The van der Waals surface area contributed by atoms with Crippen molar-refractivity contribution in [1.82, 2.24) is 9.97 Å². The van der Waals surface area contributed by atoms with Crippen molar-refractivity contribution in [2.24, 2.45) is 5.92 Å². The number of carbonyl (C=O) groups excluding carboxylic acids is 1. The van der Waals surface area contributed by atoms with Crippen molar-refractivity contribution in [3.63, 3.8) is 0 Å². The monoisotopic (exact) mass is 428 g/mol. The van der Waals surface area contributed by atoms with Gasteiger partial charge in [0.05, 0.1) is 23.7 Å². The molecule has 0 bridgehead atoms. The average molecular weight is 429 g/mol. The Hall–Kier alpha value is -3.46. The van der Waals surface area contributed by atoms with Crippen molar-refractivity contribution in [2.75, 3.05) is 24.6 Å². The molecular weight excluding hydrogens is 400 g/mol. The van der Waals surface area contributed by atoms with Crippen molar-refractivity contribution in [3.8, 4) is 6.07 Å². The molecule has 6 heteroatoms. The lowest BCUT2D eigenvalue weighted by Gasteiger charge is -2.34. The van der Waals surface area contributed by atoms with Crippen molar-refractivity contribution in [3.05, 3.63) is 65.9 Å². The maximum Gasteiger partial charge on any atom is 0.329 e. The number of hydrogen-bond acceptors (Lipinski definition) is 6. The molecule has 2 aromatic carbocycles. The molecule has 0 saturated carbocycles. The predicted octanol–water partition coefficient (Wildman–Crippen LogP) is 4.82. The number of nitrogens with zero attached hydrogens (tertiary/aromatic N) is 4. The molecule has 1 aliphatic heterocycles. The van der Waals surface area contributed by atoms with Gasteiger partial charge in [-0.3, -0.25) is 4.79 Å². The zero-order chi connectivity index (χ0) is 22.5. The molecule has 1 atom stereocenters. The molecular formula is C26H28N4O2. The van der Waals surface area contributed by atoms with Gasteiger partial charge in [0.15, 0.2) is 11.7 Å². The van der Waals surface area contributed by atoms with E-state index in [1.54, 1.807) is 0 Å². The van der Waals surface area contributed by atoms with Crippen LogP contribution in [0.25, 0.3) is 11.0 Å². The molecule has 1 saturated heterocycles. The van der Waals surface area contributed by atoms with E-state index in [1.165, 1.54) is 5.56 Å². The molecule has 6 nitrogen and oxygen atoms in total. The number of rotatable bonds is 6. The van der Waals surface area contributed by atoms with Gasteiger partial charge in [0, 0.05) is 13.1 Å². The van der Waals surface area contributed by atoms with Crippen LogP contribution in [0.5, 0.6) is 0 Å². The quantitative estimate of drug-likeness (QED) is 0.524. The number of piperidine rings is 1. The van der Waals surface area contributed by atoms with Crippen LogP contribution in [0.2, 0.25) is 0 Å². The summed E-state index contributed by atoms with van der Waals surface area (Å²) in [4.78, 5) is 24.5.